The number of imidazole rings is 1. The summed E-state index contributed by atoms with van der Waals surface area (Å²) in [5, 5.41) is 1.99. The van der Waals surface area contributed by atoms with Crippen LogP contribution in [0.25, 0.3) is 4.96 Å². The van der Waals surface area contributed by atoms with Gasteiger partial charge in [-0.25, -0.2) is 9.78 Å². The molecule has 0 amide bonds. The molecule has 98 valence electrons. The Balaban J connectivity index is 1.85. The fraction of sp³-hybridized carbons (Fsp3) is 0.231. The van der Waals surface area contributed by atoms with Crippen molar-refractivity contribution in [3.05, 3.63) is 47.5 Å². The van der Waals surface area contributed by atoms with Crippen LogP contribution in [-0.2, 0) is 11.3 Å². The molecular formula is C13H13N3O2S. The molecule has 0 aliphatic rings. The third-order valence-corrected chi connectivity index (χ3v) is 3.56. The third kappa shape index (κ3) is 2.26. The van der Waals surface area contributed by atoms with Gasteiger partial charge >= 0.3 is 5.97 Å². The molecule has 0 saturated carbocycles. The molecule has 3 heterocycles. The van der Waals surface area contributed by atoms with Gasteiger partial charge in [0, 0.05) is 24.0 Å². The van der Waals surface area contributed by atoms with Crippen molar-refractivity contribution in [2.45, 2.75) is 13.5 Å². The van der Waals surface area contributed by atoms with E-state index in [9.17, 15) is 4.79 Å². The minimum Gasteiger partial charge on any atom is -0.461 e. The first kappa shape index (κ1) is 12.0. The zero-order valence-corrected chi connectivity index (χ0v) is 11.3. The Kier molecular flexibility index (Phi) is 3.08. The highest BCUT2D eigenvalue weighted by Crippen LogP contribution is 2.14. The Labute approximate surface area is 114 Å². The van der Waals surface area contributed by atoms with Gasteiger partial charge in [-0.3, -0.25) is 4.40 Å². The van der Waals surface area contributed by atoms with Crippen molar-refractivity contribution in [2.24, 2.45) is 0 Å². The number of ether oxygens (including phenoxy) is 1. The topological polar surface area (TPSA) is 48.5 Å². The molecule has 0 fully saturated rings. The molecule has 3 aromatic rings. The third-order valence-electron chi connectivity index (χ3n) is 2.79. The quantitative estimate of drug-likeness (QED) is 0.687. The van der Waals surface area contributed by atoms with Crippen LogP contribution in [0, 0.1) is 0 Å². The number of rotatable bonds is 4. The summed E-state index contributed by atoms with van der Waals surface area (Å²) < 4.78 is 8.86. The van der Waals surface area contributed by atoms with Gasteiger partial charge in [-0.1, -0.05) is 0 Å². The second-order valence-corrected chi connectivity index (χ2v) is 4.94. The summed E-state index contributed by atoms with van der Waals surface area (Å²) >= 11 is 1.59. The van der Waals surface area contributed by atoms with Gasteiger partial charge in [-0.05, 0) is 19.1 Å². The van der Waals surface area contributed by atoms with Crippen molar-refractivity contribution < 1.29 is 9.53 Å². The minimum absolute atomic E-state index is 0.298. The van der Waals surface area contributed by atoms with E-state index in [1.807, 2.05) is 39.0 Å². The van der Waals surface area contributed by atoms with Crippen LogP contribution >= 0.6 is 11.3 Å². The van der Waals surface area contributed by atoms with Crippen LogP contribution in [0.5, 0.6) is 0 Å². The summed E-state index contributed by atoms with van der Waals surface area (Å²) in [6.45, 7) is 2.74. The van der Waals surface area contributed by atoms with Gasteiger partial charge < -0.3 is 9.30 Å². The molecule has 6 heteroatoms. The van der Waals surface area contributed by atoms with E-state index in [1.165, 1.54) is 0 Å². The van der Waals surface area contributed by atoms with E-state index in [4.69, 9.17) is 4.74 Å². The van der Waals surface area contributed by atoms with Gasteiger partial charge in [0.25, 0.3) is 0 Å². The molecule has 0 aliphatic heterocycles. The van der Waals surface area contributed by atoms with Crippen molar-refractivity contribution in [1.82, 2.24) is 14.0 Å². The minimum atomic E-state index is -0.298. The lowest BCUT2D eigenvalue weighted by Crippen LogP contribution is -2.12. The highest BCUT2D eigenvalue weighted by atomic mass is 32.1. The number of carbonyl (C=O) groups is 1. The lowest BCUT2D eigenvalue weighted by Gasteiger charge is -2.06. The van der Waals surface area contributed by atoms with Crippen LogP contribution in [0.15, 0.2) is 36.1 Å². The number of thiazole rings is 1. The molecule has 0 aliphatic carbocycles. The number of hydrogen-bond acceptors (Lipinski definition) is 4. The summed E-state index contributed by atoms with van der Waals surface area (Å²) in [7, 11) is 0. The van der Waals surface area contributed by atoms with Crippen molar-refractivity contribution in [3.63, 3.8) is 0 Å². The molecule has 0 aromatic carbocycles. The van der Waals surface area contributed by atoms with E-state index >= 15 is 0 Å². The van der Waals surface area contributed by atoms with Crippen molar-refractivity contribution in [2.75, 3.05) is 6.61 Å². The SMILES string of the molecule is CCOC(=O)c1cccn1Cc1cn2ccsc2n1. The van der Waals surface area contributed by atoms with Crippen molar-refractivity contribution >= 4 is 22.3 Å². The smallest absolute Gasteiger partial charge is 0.354 e. The standard InChI is InChI=1S/C13H13N3O2S/c1-2-18-12(17)11-4-3-5-15(11)8-10-9-16-6-7-19-13(16)14-10/h3-7,9H,2,8H2,1H3. The van der Waals surface area contributed by atoms with E-state index < -0.39 is 0 Å². The second-order valence-electron chi connectivity index (χ2n) is 4.07. The Hall–Kier alpha value is -2.08. The first-order valence-electron chi connectivity index (χ1n) is 6.01. The molecule has 0 N–H and O–H groups in total. The maximum absolute atomic E-state index is 11.8. The monoisotopic (exact) mass is 275 g/mol. The zero-order valence-electron chi connectivity index (χ0n) is 10.4. The molecule has 0 atom stereocenters. The maximum atomic E-state index is 11.8. The summed E-state index contributed by atoms with van der Waals surface area (Å²) in [5.41, 5.74) is 1.48. The number of esters is 1. The largest absolute Gasteiger partial charge is 0.461 e. The van der Waals surface area contributed by atoms with Gasteiger partial charge in [0.15, 0.2) is 4.96 Å². The molecule has 0 spiro atoms. The predicted molar refractivity (Wildman–Crippen MR) is 72.6 cm³/mol. The predicted octanol–water partition coefficient (Wildman–Crippen LogP) is 2.42. The lowest BCUT2D eigenvalue weighted by molar-refractivity contribution is 0.0514. The number of hydrogen-bond donors (Lipinski definition) is 0. The number of aromatic nitrogens is 3. The van der Waals surface area contributed by atoms with Crippen LogP contribution in [0.1, 0.15) is 23.1 Å². The van der Waals surface area contributed by atoms with Gasteiger partial charge in [0.05, 0.1) is 18.8 Å². The Morgan fingerprint density at radius 2 is 2.37 bits per heavy atom. The highest BCUT2D eigenvalue weighted by Gasteiger charge is 2.13. The van der Waals surface area contributed by atoms with Gasteiger partial charge in [-0.15, -0.1) is 11.3 Å². The Morgan fingerprint density at radius 3 is 3.16 bits per heavy atom. The van der Waals surface area contributed by atoms with Crippen LogP contribution in [0.3, 0.4) is 0 Å². The highest BCUT2D eigenvalue weighted by molar-refractivity contribution is 7.15. The fourth-order valence-corrected chi connectivity index (χ4v) is 2.69. The average molecular weight is 275 g/mol. The van der Waals surface area contributed by atoms with Crippen molar-refractivity contribution in [3.8, 4) is 0 Å². The fourth-order valence-electron chi connectivity index (χ4n) is 1.97. The van der Waals surface area contributed by atoms with Crippen LogP contribution in [0.4, 0.5) is 0 Å². The number of nitrogens with zero attached hydrogens (tertiary/aromatic N) is 3. The summed E-state index contributed by atoms with van der Waals surface area (Å²) in [6, 6.07) is 3.60. The van der Waals surface area contributed by atoms with Gasteiger partial charge in [-0.2, -0.15) is 0 Å². The Morgan fingerprint density at radius 1 is 1.47 bits per heavy atom. The van der Waals surface area contributed by atoms with Crippen LogP contribution in [-0.4, -0.2) is 26.5 Å². The molecule has 0 unspecified atom stereocenters. The molecule has 19 heavy (non-hydrogen) atoms. The maximum Gasteiger partial charge on any atom is 0.354 e. The zero-order chi connectivity index (χ0) is 13.2. The molecule has 3 aromatic heterocycles. The van der Waals surface area contributed by atoms with Crippen molar-refractivity contribution in [1.29, 1.82) is 0 Å². The van der Waals surface area contributed by atoms with E-state index in [2.05, 4.69) is 4.98 Å². The molecule has 5 nitrogen and oxygen atoms in total. The van der Waals surface area contributed by atoms with Crippen LogP contribution < -0.4 is 0 Å². The first-order valence-corrected chi connectivity index (χ1v) is 6.89. The Bertz CT molecular complexity index is 682. The molecule has 0 radical (unpaired) electrons. The summed E-state index contributed by atoms with van der Waals surface area (Å²) in [6.07, 6.45) is 5.80. The lowest BCUT2D eigenvalue weighted by atomic mass is 10.4. The normalized spacial score (nSPS) is 11.0. The van der Waals surface area contributed by atoms with Crippen LogP contribution in [0.2, 0.25) is 0 Å². The first-order chi connectivity index (χ1) is 9.28. The van der Waals surface area contributed by atoms with E-state index in [1.54, 1.807) is 24.3 Å². The van der Waals surface area contributed by atoms with E-state index in [-0.39, 0.29) is 5.97 Å². The molecule has 0 bridgehead atoms. The molecule has 3 rings (SSSR count). The van der Waals surface area contributed by atoms with E-state index in [0.29, 0.717) is 18.8 Å². The molecular weight excluding hydrogens is 262 g/mol. The number of fused-ring (bicyclic) bond motifs is 1. The summed E-state index contributed by atoms with van der Waals surface area (Å²) in [5.74, 6) is -0.298. The van der Waals surface area contributed by atoms with E-state index in [0.717, 1.165) is 10.7 Å². The molecule has 0 saturated heterocycles. The number of carbonyl (C=O) groups excluding carboxylic acids is 1. The summed E-state index contributed by atoms with van der Waals surface area (Å²) in [4.78, 5) is 17.2. The van der Waals surface area contributed by atoms with Gasteiger partial charge in [0.1, 0.15) is 5.69 Å². The van der Waals surface area contributed by atoms with Gasteiger partial charge in [0.2, 0.25) is 0 Å². The average Bonchev–Trinajstić information content (AvgIpc) is 3.04. The second kappa shape index (κ2) is 4.89.